The van der Waals surface area contributed by atoms with Gasteiger partial charge in [-0.05, 0) is 18.4 Å². The van der Waals surface area contributed by atoms with Gasteiger partial charge in [0.25, 0.3) is 0 Å². The van der Waals surface area contributed by atoms with Gasteiger partial charge >= 0.3 is 0 Å². The minimum atomic E-state index is 0.240. The van der Waals surface area contributed by atoms with Crippen molar-refractivity contribution >= 4 is 23.1 Å². The zero-order valence-electron chi connectivity index (χ0n) is 10.8. The van der Waals surface area contributed by atoms with Crippen LogP contribution in [0.3, 0.4) is 0 Å². The molecule has 0 radical (unpaired) electrons. The third-order valence-electron chi connectivity index (χ3n) is 3.14. The van der Waals surface area contributed by atoms with Crippen molar-refractivity contribution in [2.24, 2.45) is 0 Å². The summed E-state index contributed by atoms with van der Waals surface area (Å²) in [5.41, 5.74) is 2.28. The molecular weight excluding hydrogens is 276 g/mol. The van der Waals surface area contributed by atoms with Crippen LogP contribution >= 0.6 is 23.1 Å². The molecule has 3 nitrogen and oxygen atoms in total. The Labute approximate surface area is 121 Å². The second-order valence-corrected chi connectivity index (χ2v) is 6.13. The van der Waals surface area contributed by atoms with Crippen LogP contribution in [0.25, 0.3) is 10.6 Å². The number of hydrogen-bond acceptors (Lipinski definition) is 5. The maximum absolute atomic E-state index is 5.48. The van der Waals surface area contributed by atoms with Crippen LogP contribution in [0, 0.1) is 0 Å². The molecule has 1 unspecified atom stereocenters. The first-order valence-electron chi connectivity index (χ1n) is 6.28. The van der Waals surface area contributed by atoms with Crippen molar-refractivity contribution in [2.75, 3.05) is 26.0 Å². The van der Waals surface area contributed by atoms with Crippen LogP contribution in [-0.2, 0) is 4.74 Å². The Morgan fingerprint density at radius 1 is 1.37 bits per heavy atom. The summed E-state index contributed by atoms with van der Waals surface area (Å²) in [4.78, 5) is 6.01. The van der Waals surface area contributed by atoms with E-state index in [9.17, 15) is 0 Å². The standard InChI is InChI=1S/C14H16N2OS2/c1-18-11-4-2-10(3-5-11)14-16-13(9-19-14)12-8-17-7-6-15-12/h2-5,9,12,15H,6-8H2,1H3. The maximum Gasteiger partial charge on any atom is 0.123 e. The molecule has 1 aliphatic heterocycles. The summed E-state index contributed by atoms with van der Waals surface area (Å²) in [5, 5.41) is 6.64. The summed E-state index contributed by atoms with van der Waals surface area (Å²) >= 11 is 3.45. The molecule has 0 saturated carbocycles. The van der Waals surface area contributed by atoms with Crippen LogP contribution in [0.15, 0.2) is 34.5 Å². The average molecular weight is 292 g/mol. The zero-order valence-corrected chi connectivity index (χ0v) is 12.4. The SMILES string of the molecule is CSc1ccc(-c2nc(C3COCCN3)cs2)cc1. The third kappa shape index (κ3) is 3.00. The number of nitrogens with zero attached hydrogens (tertiary/aromatic N) is 1. The van der Waals surface area contributed by atoms with Crippen LogP contribution < -0.4 is 5.32 Å². The molecule has 0 amide bonds. The molecule has 1 fully saturated rings. The van der Waals surface area contributed by atoms with Gasteiger partial charge in [0.05, 0.1) is 24.9 Å². The highest BCUT2D eigenvalue weighted by molar-refractivity contribution is 7.98. The molecule has 3 rings (SSSR count). The molecule has 1 aromatic carbocycles. The Balaban J connectivity index is 1.79. The smallest absolute Gasteiger partial charge is 0.123 e. The normalized spacial score (nSPS) is 19.5. The van der Waals surface area contributed by atoms with E-state index < -0.39 is 0 Å². The molecule has 0 bridgehead atoms. The van der Waals surface area contributed by atoms with E-state index in [2.05, 4.69) is 41.2 Å². The second kappa shape index (κ2) is 6.05. The number of benzene rings is 1. The van der Waals surface area contributed by atoms with E-state index in [0.29, 0.717) is 6.61 Å². The number of morpholine rings is 1. The number of thiazole rings is 1. The molecular formula is C14H16N2OS2. The topological polar surface area (TPSA) is 34.1 Å². The van der Waals surface area contributed by atoms with E-state index in [1.165, 1.54) is 10.5 Å². The van der Waals surface area contributed by atoms with Gasteiger partial charge in [-0.25, -0.2) is 4.98 Å². The van der Waals surface area contributed by atoms with E-state index in [1.807, 2.05) is 0 Å². The fourth-order valence-corrected chi connectivity index (χ4v) is 3.36. The molecule has 2 heterocycles. The van der Waals surface area contributed by atoms with Crippen LogP contribution in [0.1, 0.15) is 11.7 Å². The average Bonchev–Trinajstić information content (AvgIpc) is 2.98. The Bertz CT molecular complexity index is 533. The van der Waals surface area contributed by atoms with Gasteiger partial charge < -0.3 is 10.1 Å². The Kier molecular flexibility index (Phi) is 4.18. The second-order valence-electron chi connectivity index (χ2n) is 4.39. The lowest BCUT2D eigenvalue weighted by atomic mass is 10.2. The molecule has 19 heavy (non-hydrogen) atoms. The fraction of sp³-hybridized carbons (Fsp3) is 0.357. The first kappa shape index (κ1) is 13.1. The first-order valence-corrected chi connectivity index (χ1v) is 8.38. The van der Waals surface area contributed by atoms with Crippen molar-refractivity contribution in [3.05, 3.63) is 35.3 Å². The summed E-state index contributed by atoms with van der Waals surface area (Å²) in [6, 6.07) is 8.80. The predicted molar refractivity (Wildman–Crippen MR) is 80.9 cm³/mol. The highest BCUT2D eigenvalue weighted by Crippen LogP contribution is 2.28. The summed E-state index contributed by atoms with van der Waals surface area (Å²) < 4.78 is 5.48. The van der Waals surface area contributed by atoms with Gasteiger partial charge in [0.1, 0.15) is 5.01 Å². The lowest BCUT2D eigenvalue weighted by Crippen LogP contribution is -2.34. The number of rotatable bonds is 3. The van der Waals surface area contributed by atoms with Crippen molar-refractivity contribution in [1.82, 2.24) is 10.3 Å². The van der Waals surface area contributed by atoms with Crippen molar-refractivity contribution in [1.29, 1.82) is 0 Å². The maximum atomic E-state index is 5.48. The van der Waals surface area contributed by atoms with Crippen molar-refractivity contribution < 1.29 is 4.74 Å². The number of aromatic nitrogens is 1. The van der Waals surface area contributed by atoms with E-state index in [-0.39, 0.29) is 6.04 Å². The number of ether oxygens (including phenoxy) is 1. The van der Waals surface area contributed by atoms with Crippen LogP contribution in [-0.4, -0.2) is 31.0 Å². The lowest BCUT2D eigenvalue weighted by Gasteiger charge is -2.21. The van der Waals surface area contributed by atoms with Crippen LogP contribution in [0.2, 0.25) is 0 Å². The zero-order chi connectivity index (χ0) is 13.1. The van der Waals surface area contributed by atoms with Gasteiger partial charge in [-0.1, -0.05) is 12.1 Å². The molecule has 2 aromatic rings. The number of hydrogen-bond donors (Lipinski definition) is 1. The van der Waals surface area contributed by atoms with Gasteiger partial charge in [0.15, 0.2) is 0 Å². The number of nitrogens with one attached hydrogen (secondary N) is 1. The van der Waals surface area contributed by atoms with Gasteiger partial charge in [-0.15, -0.1) is 23.1 Å². The molecule has 1 aliphatic rings. The Morgan fingerprint density at radius 2 is 2.21 bits per heavy atom. The van der Waals surface area contributed by atoms with Crippen molar-refractivity contribution in [2.45, 2.75) is 10.9 Å². The van der Waals surface area contributed by atoms with Crippen molar-refractivity contribution in [3.63, 3.8) is 0 Å². The fourth-order valence-electron chi connectivity index (χ4n) is 2.07. The summed E-state index contributed by atoms with van der Waals surface area (Å²) in [7, 11) is 0. The number of thioether (sulfide) groups is 1. The Hall–Kier alpha value is -0.880. The van der Waals surface area contributed by atoms with E-state index in [4.69, 9.17) is 9.72 Å². The van der Waals surface area contributed by atoms with Gasteiger partial charge in [-0.2, -0.15) is 0 Å². The molecule has 1 N–H and O–H groups in total. The predicted octanol–water partition coefficient (Wildman–Crippen LogP) is 3.19. The molecule has 1 aromatic heterocycles. The highest BCUT2D eigenvalue weighted by atomic mass is 32.2. The molecule has 5 heteroatoms. The lowest BCUT2D eigenvalue weighted by molar-refractivity contribution is 0.0758. The Morgan fingerprint density at radius 3 is 2.89 bits per heavy atom. The molecule has 0 spiro atoms. The monoisotopic (exact) mass is 292 g/mol. The summed E-state index contributed by atoms with van der Waals surface area (Å²) in [6.45, 7) is 2.41. The largest absolute Gasteiger partial charge is 0.378 e. The third-order valence-corrected chi connectivity index (χ3v) is 4.79. The molecule has 0 aliphatic carbocycles. The van der Waals surface area contributed by atoms with Crippen molar-refractivity contribution in [3.8, 4) is 10.6 Å². The first-order chi connectivity index (χ1) is 9.36. The highest BCUT2D eigenvalue weighted by Gasteiger charge is 2.18. The summed E-state index contributed by atoms with van der Waals surface area (Å²) in [5.74, 6) is 0. The van der Waals surface area contributed by atoms with Crippen LogP contribution in [0.4, 0.5) is 0 Å². The minimum absolute atomic E-state index is 0.240. The molecule has 1 atom stereocenters. The molecule has 1 saturated heterocycles. The molecule has 100 valence electrons. The van der Waals surface area contributed by atoms with Gasteiger partial charge in [-0.3, -0.25) is 0 Å². The summed E-state index contributed by atoms with van der Waals surface area (Å²) in [6.07, 6.45) is 2.09. The van der Waals surface area contributed by atoms with E-state index in [0.717, 1.165) is 23.9 Å². The minimum Gasteiger partial charge on any atom is -0.378 e. The van der Waals surface area contributed by atoms with E-state index in [1.54, 1.807) is 23.1 Å². The van der Waals surface area contributed by atoms with Gasteiger partial charge in [0.2, 0.25) is 0 Å². The van der Waals surface area contributed by atoms with Crippen LogP contribution in [0.5, 0.6) is 0 Å². The quantitative estimate of drug-likeness (QED) is 0.881. The van der Waals surface area contributed by atoms with E-state index >= 15 is 0 Å². The van der Waals surface area contributed by atoms with Gasteiger partial charge in [0, 0.05) is 22.4 Å².